The quantitative estimate of drug-likeness (QED) is 0.617. The van der Waals surface area contributed by atoms with Crippen molar-refractivity contribution >= 4 is 0 Å². The molecule has 1 aromatic rings. The number of hydrogen-bond donors (Lipinski definition) is 2. The summed E-state index contributed by atoms with van der Waals surface area (Å²) >= 11 is 0. The molecule has 0 aliphatic rings. The molecule has 0 spiro atoms. The summed E-state index contributed by atoms with van der Waals surface area (Å²) in [4.78, 5) is 0. The lowest BCUT2D eigenvalue weighted by atomic mass is 9.92. The third kappa shape index (κ3) is 3.21. The van der Waals surface area contributed by atoms with E-state index in [4.69, 9.17) is 10.6 Å². The van der Waals surface area contributed by atoms with Gasteiger partial charge in [-0.2, -0.15) is 0 Å². The van der Waals surface area contributed by atoms with Crippen molar-refractivity contribution in [2.75, 3.05) is 6.61 Å². The summed E-state index contributed by atoms with van der Waals surface area (Å²) < 4.78 is 31.6. The van der Waals surface area contributed by atoms with Crippen LogP contribution in [0, 0.1) is 11.6 Å². The topological polar surface area (TPSA) is 47.3 Å². The van der Waals surface area contributed by atoms with Gasteiger partial charge >= 0.3 is 0 Å². The van der Waals surface area contributed by atoms with Crippen molar-refractivity contribution in [3.05, 3.63) is 35.4 Å². The Balaban J connectivity index is 3.05. The zero-order valence-corrected chi connectivity index (χ0v) is 10.3. The van der Waals surface area contributed by atoms with Crippen LogP contribution in [0.3, 0.4) is 0 Å². The first kappa shape index (κ1) is 14.0. The van der Waals surface area contributed by atoms with Gasteiger partial charge in [-0.15, -0.1) is 0 Å². The van der Waals surface area contributed by atoms with E-state index in [-0.39, 0.29) is 0 Å². The Labute approximate surface area is 99.9 Å². The summed E-state index contributed by atoms with van der Waals surface area (Å²) in [5, 5.41) is 0. The maximum atomic E-state index is 13.2. The van der Waals surface area contributed by atoms with E-state index in [0.29, 0.717) is 12.2 Å². The van der Waals surface area contributed by atoms with Crippen LogP contribution in [-0.2, 0) is 4.74 Å². The molecular formula is C12H18F2N2O. The molecule has 0 amide bonds. The molecule has 1 atom stereocenters. The van der Waals surface area contributed by atoms with Gasteiger partial charge < -0.3 is 4.74 Å². The number of hydrogen-bond acceptors (Lipinski definition) is 3. The van der Waals surface area contributed by atoms with E-state index in [2.05, 4.69) is 5.43 Å². The summed E-state index contributed by atoms with van der Waals surface area (Å²) in [5.74, 6) is 3.69. The molecule has 0 heterocycles. The molecule has 1 rings (SSSR count). The van der Waals surface area contributed by atoms with Crippen molar-refractivity contribution in [3.63, 3.8) is 0 Å². The molecule has 0 saturated carbocycles. The molecule has 3 nitrogen and oxygen atoms in total. The molecule has 0 bridgehead atoms. The van der Waals surface area contributed by atoms with Crippen LogP contribution in [-0.4, -0.2) is 12.2 Å². The smallest absolute Gasteiger partial charge is 0.159 e. The fraction of sp³-hybridized carbons (Fsp3) is 0.500. The summed E-state index contributed by atoms with van der Waals surface area (Å²) in [6.45, 7) is 6.04. The van der Waals surface area contributed by atoms with Gasteiger partial charge in [0.05, 0.1) is 11.6 Å². The van der Waals surface area contributed by atoms with E-state index in [9.17, 15) is 8.78 Å². The number of hydrazine groups is 1. The van der Waals surface area contributed by atoms with Crippen LogP contribution in [0.4, 0.5) is 8.78 Å². The Kier molecular flexibility index (Phi) is 4.56. The predicted molar refractivity (Wildman–Crippen MR) is 62.1 cm³/mol. The van der Waals surface area contributed by atoms with Crippen molar-refractivity contribution in [1.29, 1.82) is 0 Å². The maximum absolute atomic E-state index is 13.2. The highest BCUT2D eigenvalue weighted by atomic mass is 19.2. The zero-order chi connectivity index (χ0) is 13.1. The van der Waals surface area contributed by atoms with Gasteiger partial charge in [-0.1, -0.05) is 6.07 Å². The molecule has 0 aliphatic carbocycles. The van der Waals surface area contributed by atoms with Crippen LogP contribution in [0.15, 0.2) is 18.2 Å². The fourth-order valence-electron chi connectivity index (χ4n) is 1.85. The number of nitrogens with two attached hydrogens (primary N) is 1. The lowest BCUT2D eigenvalue weighted by Crippen LogP contribution is -2.44. The largest absolute Gasteiger partial charge is 0.374 e. The van der Waals surface area contributed by atoms with Gasteiger partial charge in [-0.3, -0.25) is 11.3 Å². The van der Waals surface area contributed by atoms with Gasteiger partial charge in [-0.05, 0) is 38.5 Å². The molecule has 3 N–H and O–H groups in total. The number of ether oxygens (including phenoxy) is 1. The van der Waals surface area contributed by atoms with E-state index in [1.54, 1.807) is 0 Å². The molecule has 1 unspecified atom stereocenters. The highest BCUT2D eigenvalue weighted by Crippen LogP contribution is 2.29. The third-order valence-electron chi connectivity index (χ3n) is 2.66. The van der Waals surface area contributed by atoms with Crippen LogP contribution in [0.1, 0.15) is 32.4 Å². The average molecular weight is 244 g/mol. The normalized spacial score (nSPS) is 13.8. The lowest BCUT2D eigenvalue weighted by Gasteiger charge is -2.34. The van der Waals surface area contributed by atoms with Gasteiger partial charge in [0.1, 0.15) is 0 Å². The maximum Gasteiger partial charge on any atom is 0.159 e. The summed E-state index contributed by atoms with van der Waals surface area (Å²) in [6.07, 6.45) is 0. The fourth-order valence-corrected chi connectivity index (χ4v) is 1.85. The Hall–Kier alpha value is -1.04. The van der Waals surface area contributed by atoms with Crippen molar-refractivity contribution in [3.8, 4) is 0 Å². The number of rotatable bonds is 5. The molecule has 96 valence electrons. The molecule has 17 heavy (non-hydrogen) atoms. The van der Waals surface area contributed by atoms with Gasteiger partial charge in [0, 0.05) is 6.61 Å². The lowest BCUT2D eigenvalue weighted by molar-refractivity contribution is -0.0393. The van der Waals surface area contributed by atoms with E-state index < -0.39 is 23.3 Å². The third-order valence-corrected chi connectivity index (χ3v) is 2.66. The summed E-state index contributed by atoms with van der Waals surface area (Å²) in [5.41, 5.74) is 2.50. The molecule has 5 heteroatoms. The van der Waals surface area contributed by atoms with E-state index in [1.165, 1.54) is 6.07 Å². The van der Waals surface area contributed by atoms with Crippen molar-refractivity contribution in [2.24, 2.45) is 5.84 Å². The minimum Gasteiger partial charge on any atom is -0.374 e. The van der Waals surface area contributed by atoms with Gasteiger partial charge in [-0.25, -0.2) is 8.78 Å². The zero-order valence-electron chi connectivity index (χ0n) is 10.3. The first-order valence-electron chi connectivity index (χ1n) is 5.47. The van der Waals surface area contributed by atoms with E-state index in [1.807, 2.05) is 20.8 Å². The molecule has 0 saturated heterocycles. The molecule has 0 aliphatic heterocycles. The van der Waals surface area contributed by atoms with Crippen molar-refractivity contribution < 1.29 is 13.5 Å². The van der Waals surface area contributed by atoms with Gasteiger partial charge in [0.25, 0.3) is 0 Å². The molecule has 0 aromatic heterocycles. The standard InChI is InChI=1S/C12H18F2N2O/c1-4-17-12(2,3)11(16-15)8-5-6-9(13)10(14)7-8/h5-7,11,16H,4,15H2,1-3H3. The second-order valence-electron chi connectivity index (χ2n) is 4.31. The Bertz CT molecular complexity index is 383. The predicted octanol–water partition coefficient (Wildman–Crippen LogP) is 2.28. The SMILES string of the molecule is CCOC(C)(C)C(NN)c1ccc(F)c(F)c1. The second-order valence-corrected chi connectivity index (χ2v) is 4.31. The first-order valence-corrected chi connectivity index (χ1v) is 5.47. The Morgan fingerprint density at radius 1 is 1.35 bits per heavy atom. The second kappa shape index (κ2) is 5.53. The molecule has 0 radical (unpaired) electrons. The average Bonchev–Trinajstić information content (AvgIpc) is 2.23. The monoisotopic (exact) mass is 244 g/mol. The highest BCUT2D eigenvalue weighted by Gasteiger charge is 2.31. The summed E-state index contributed by atoms with van der Waals surface area (Å²) in [7, 11) is 0. The summed E-state index contributed by atoms with van der Waals surface area (Å²) in [6, 6.07) is 3.28. The minimum absolute atomic E-state index is 0.419. The van der Waals surface area contributed by atoms with Crippen LogP contribution >= 0.6 is 0 Å². The Morgan fingerprint density at radius 3 is 2.47 bits per heavy atom. The van der Waals surface area contributed by atoms with Crippen LogP contribution in [0.2, 0.25) is 0 Å². The van der Waals surface area contributed by atoms with Crippen LogP contribution < -0.4 is 11.3 Å². The Morgan fingerprint density at radius 2 is 2.00 bits per heavy atom. The number of halogens is 2. The first-order chi connectivity index (χ1) is 7.92. The van der Waals surface area contributed by atoms with E-state index in [0.717, 1.165) is 12.1 Å². The van der Waals surface area contributed by atoms with E-state index >= 15 is 0 Å². The van der Waals surface area contributed by atoms with Crippen molar-refractivity contribution in [1.82, 2.24) is 5.43 Å². The number of nitrogens with one attached hydrogen (secondary N) is 1. The van der Waals surface area contributed by atoms with Crippen LogP contribution in [0.5, 0.6) is 0 Å². The highest BCUT2D eigenvalue weighted by molar-refractivity contribution is 5.23. The van der Waals surface area contributed by atoms with Crippen LogP contribution in [0.25, 0.3) is 0 Å². The van der Waals surface area contributed by atoms with Crippen molar-refractivity contribution in [2.45, 2.75) is 32.4 Å². The van der Waals surface area contributed by atoms with Gasteiger partial charge in [0.2, 0.25) is 0 Å². The molecular weight excluding hydrogens is 226 g/mol. The number of benzene rings is 1. The molecule has 1 aromatic carbocycles. The van der Waals surface area contributed by atoms with Gasteiger partial charge in [0.15, 0.2) is 11.6 Å². The molecule has 0 fully saturated rings. The minimum atomic E-state index is -0.893.